The van der Waals surface area contributed by atoms with Crippen LogP contribution < -0.4 is 5.32 Å². The van der Waals surface area contributed by atoms with Gasteiger partial charge in [0.05, 0.1) is 5.25 Å². The summed E-state index contributed by atoms with van der Waals surface area (Å²) in [6, 6.07) is 10.0. The van der Waals surface area contributed by atoms with Crippen LogP contribution in [0.25, 0.3) is 0 Å². The molecule has 4 heteroatoms. The van der Waals surface area contributed by atoms with Gasteiger partial charge >= 0.3 is 5.97 Å². The Balaban J connectivity index is 2.29. The Hall–Kier alpha value is -1.00. The van der Waals surface area contributed by atoms with Crippen molar-refractivity contribution in [3.05, 3.63) is 35.9 Å². The molecule has 0 aromatic heterocycles. The first-order valence-corrected chi connectivity index (χ1v) is 7.73. The monoisotopic (exact) mass is 293 g/mol. The highest BCUT2D eigenvalue weighted by molar-refractivity contribution is 7.81. The third-order valence-corrected chi connectivity index (χ3v) is 4.33. The van der Waals surface area contributed by atoms with Gasteiger partial charge in [-0.3, -0.25) is 4.79 Å². The van der Waals surface area contributed by atoms with Gasteiger partial charge in [0.15, 0.2) is 0 Å². The van der Waals surface area contributed by atoms with E-state index in [0.29, 0.717) is 5.92 Å². The van der Waals surface area contributed by atoms with E-state index < -0.39 is 10.9 Å². The van der Waals surface area contributed by atoms with Crippen molar-refractivity contribution in [3.63, 3.8) is 0 Å². The molecule has 2 unspecified atom stereocenters. The lowest BCUT2D eigenvalue weighted by Gasteiger charge is -2.40. The van der Waals surface area contributed by atoms with Gasteiger partial charge in [0, 0.05) is 5.92 Å². The highest BCUT2D eigenvalue weighted by Crippen LogP contribution is 2.38. The minimum absolute atomic E-state index is 0.252. The van der Waals surface area contributed by atoms with E-state index >= 15 is 0 Å². The van der Waals surface area contributed by atoms with Crippen molar-refractivity contribution in [2.24, 2.45) is 5.92 Å². The Morgan fingerprint density at radius 3 is 2.50 bits per heavy atom. The van der Waals surface area contributed by atoms with E-state index in [1.807, 2.05) is 37.3 Å². The summed E-state index contributed by atoms with van der Waals surface area (Å²) in [6.45, 7) is 5.73. The maximum Gasteiger partial charge on any atom is 0.319 e. The number of nitrogens with one attached hydrogen (secondary N) is 1. The lowest BCUT2D eigenvalue weighted by molar-refractivity contribution is -0.166. The zero-order valence-corrected chi connectivity index (χ0v) is 13.0. The van der Waals surface area contributed by atoms with Gasteiger partial charge in [0.1, 0.15) is 5.60 Å². The molecule has 1 aromatic carbocycles. The second-order valence-electron chi connectivity index (χ2n) is 5.59. The topological polar surface area (TPSA) is 38.3 Å². The molecule has 3 nitrogen and oxygen atoms in total. The normalized spacial score (nSPS) is 20.9. The molecule has 1 N–H and O–H groups in total. The Morgan fingerprint density at radius 2 is 1.95 bits per heavy atom. The third kappa shape index (κ3) is 3.36. The molecular formula is C16H23NO2S. The second kappa shape index (κ2) is 6.64. The van der Waals surface area contributed by atoms with Gasteiger partial charge in [-0.1, -0.05) is 30.3 Å². The van der Waals surface area contributed by atoms with Crippen LogP contribution in [-0.4, -0.2) is 24.3 Å². The molecule has 0 radical (unpaired) electrons. The van der Waals surface area contributed by atoms with Crippen LogP contribution in [0.2, 0.25) is 0 Å². The largest absolute Gasteiger partial charge is 0.453 e. The van der Waals surface area contributed by atoms with Crippen LogP contribution in [0.15, 0.2) is 30.3 Å². The standard InChI is InChI=1S/C16H23NO2S/c1-12(20)15(18)19-16(2,13-6-4-3-5-7-13)14-8-10-17-11-9-14/h3-7,12,14,17,20H,8-11H2,1-2H3. The first-order valence-electron chi connectivity index (χ1n) is 7.21. The summed E-state index contributed by atoms with van der Waals surface area (Å²) in [4.78, 5) is 12.1. The van der Waals surface area contributed by atoms with Crippen LogP contribution in [-0.2, 0) is 15.1 Å². The molecule has 0 spiro atoms. The number of piperidine rings is 1. The molecular weight excluding hydrogens is 270 g/mol. The predicted molar refractivity (Wildman–Crippen MR) is 83.9 cm³/mol. The smallest absolute Gasteiger partial charge is 0.319 e. The molecule has 1 aromatic rings. The molecule has 1 heterocycles. The van der Waals surface area contributed by atoms with Gasteiger partial charge in [0.25, 0.3) is 0 Å². The Morgan fingerprint density at radius 1 is 1.35 bits per heavy atom. The molecule has 110 valence electrons. The first kappa shape index (κ1) is 15.4. The maximum atomic E-state index is 12.1. The zero-order chi connectivity index (χ0) is 14.6. The fraction of sp³-hybridized carbons (Fsp3) is 0.562. The minimum atomic E-state index is -0.572. The molecule has 20 heavy (non-hydrogen) atoms. The summed E-state index contributed by atoms with van der Waals surface area (Å²) in [6.07, 6.45) is 2.03. The van der Waals surface area contributed by atoms with E-state index in [-0.39, 0.29) is 5.97 Å². The highest BCUT2D eigenvalue weighted by Gasteiger charge is 2.40. The number of carbonyl (C=O) groups excluding carboxylic acids is 1. The second-order valence-corrected chi connectivity index (χ2v) is 6.37. The van der Waals surface area contributed by atoms with Crippen molar-refractivity contribution in [1.29, 1.82) is 0 Å². The number of hydrogen-bond donors (Lipinski definition) is 2. The quantitative estimate of drug-likeness (QED) is 0.662. The Labute approximate surface area is 126 Å². The predicted octanol–water partition coefficient (Wildman–Crippen LogP) is 2.76. The number of rotatable bonds is 4. The van der Waals surface area contributed by atoms with Crippen molar-refractivity contribution >= 4 is 18.6 Å². The SMILES string of the molecule is CC(S)C(=O)OC(C)(c1ccccc1)C1CCNCC1. The number of ether oxygens (including phenoxy) is 1. The molecule has 2 atom stereocenters. The van der Waals surface area contributed by atoms with Crippen LogP contribution in [0, 0.1) is 5.92 Å². The number of esters is 1. The summed E-state index contributed by atoms with van der Waals surface area (Å²) < 4.78 is 5.88. The third-order valence-electron chi connectivity index (χ3n) is 4.12. The number of benzene rings is 1. The van der Waals surface area contributed by atoms with Gasteiger partial charge in [-0.15, -0.1) is 0 Å². The number of thiol groups is 1. The molecule has 2 rings (SSSR count). The van der Waals surface area contributed by atoms with Crippen LogP contribution in [0.4, 0.5) is 0 Å². The fourth-order valence-electron chi connectivity index (χ4n) is 2.81. The maximum absolute atomic E-state index is 12.1. The first-order chi connectivity index (χ1) is 9.54. The summed E-state index contributed by atoms with van der Waals surface area (Å²) in [7, 11) is 0. The van der Waals surface area contributed by atoms with Crippen molar-refractivity contribution in [2.45, 2.75) is 37.5 Å². The average molecular weight is 293 g/mol. The van der Waals surface area contributed by atoms with Crippen molar-refractivity contribution in [3.8, 4) is 0 Å². The minimum Gasteiger partial charge on any atom is -0.453 e. The Kier molecular flexibility index (Phi) is 5.11. The molecule has 1 saturated heterocycles. The van der Waals surface area contributed by atoms with E-state index in [0.717, 1.165) is 31.5 Å². The molecule has 0 saturated carbocycles. The molecule has 1 fully saturated rings. The van der Waals surface area contributed by atoms with Crippen molar-refractivity contribution < 1.29 is 9.53 Å². The van der Waals surface area contributed by atoms with Crippen LogP contribution in [0.1, 0.15) is 32.3 Å². The molecule has 0 bridgehead atoms. The van der Waals surface area contributed by atoms with Gasteiger partial charge in [-0.2, -0.15) is 12.6 Å². The number of hydrogen-bond acceptors (Lipinski definition) is 4. The zero-order valence-electron chi connectivity index (χ0n) is 12.1. The molecule has 0 aliphatic carbocycles. The lowest BCUT2D eigenvalue weighted by atomic mass is 9.77. The van der Waals surface area contributed by atoms with E-state index in [1.165, 1.54) is 0 Å². The van der Waals surface area contributed by atoms with Gasteiger partial charge in [0.2, 0.25) is 0 Å². The van der Waals surface area contributed by atoms with Crippen LogP contribution in [0.3, 0.4) is 0 Å². The van der Waals surface area contributed by atoms with Gasteiger partial charge in [-0.25, -0.2) is 0 Å². The molecule has 0 amide bonds. The van der Waals surface area contributed by atoms with E-state index in [2.05, 4.69) is 17.9 Å². The van der Waals surface area contributed by atoms with Crippen LogP contribution in [0.5, 0.6) is 0 Å². The van der Waals surface area contributed by atoms with E-state index in [9.17, 15) is 4.79 Å². The van der Waals surface area contributed by atoms with Gasteiger partial charge < -0.3 is 10.1 Å². The molecule has 1 aliphatic heterocycles. The summed E-state index contributed by atoms with van der Waals surface area (Å²) in [5, 5.41) is 2.96. The van der Waals surface area contributed by atoms with E-state index in [4.69, 9.17) is 4.74 Å². The summed E-state index contributed by atoms with van der Waals surface area (Å²) in [5.41, 5.74) is 0.492. The van der Waals surface area contributed by atoms with Crippen molar-refractivity contribution in [1.82, 2.24) is 5.32 Å². The average Bonchev–Trinajstić information content (AvgIpc) is 2.48. The van der Waals surface area contributed by atoms with Gasteiger partial charge in [-0.05, 0) is 45.3 Å². The summed E-state index contributed by atoms with van der Waals surface area (Å²) in [5.74, 6) is 0.0837. The van der Waals surface area contributed by atoms with Crippen molar-refractivity contribution in [2.75, 3.05) is 13.1 Å². The lowest BCUT2D eigenvalue weighted by Crippen LogP contribution is -2.43. The summed E-state index contributed by atoms with van der Waals surface area (Å²) >= 11 is 4.19. The Bertz CT molecular complexity index is 443. The van der Waals surface area contributed by atoms with E-state index in [1.54, 1.807) is 6.92 Å². The highest BCUT2D eigenvalue weighted by atomic mass is 32.1. The van der Waals surface area contributed by atoms with Crippen LogP contribution >= 0.6 is 12.6 Å². The molecule has 1 aliphatic rings. The fourth-order valence-corrected chi connectivity index (χ4v) is 2.87. The number of carbonyl (C=O) groups is 1.